The van der Waals surface area contributed by atoms with E-state index >= 15 is 0 Å². The summed E-state index contributed by atoms with van der Waals surface area (Å²) in [5.74, 6) is -2.20. The Balaban J connectivity index is 0.000000411. The average Bonchev–Trinajstić information content (AvgIpc) is 2.51. The summed E-state index contributed by atoms with van der Waals surface area (Å²) in [5, 5.41) is 22.6. The fourth-order valence-electron chi connectivity index (χ4n) is 3.97. The molecule has 0 bridgehead atoms. The summed E-state index contributed by atoms with van der Waals surface area (Å²) in [6.07, 6.45) is 6.80. The molecule has 2 aliphatic heterocycles. The number of carbonyl (C=O) groups is 2. The van der Waals surface area contributed by atoms with E-state index in [9.17, 15) is 20.0 Å². The number of hydrogen-bond acceptors (Lipinski definition) is 6. The van der Waals surface area contributed by atoms with Crippen molar-refractivity contribution >= 4 is 11.8 Å². The largest absolute Gasteiger partial charge is 0.361 e. The van der Waals surface area contributed by atoms with Gasteiger partial charge in [-0.2, -0.15) is 10.1 Å². The zero-order valence-corrected chi connectivity index (χ0v) is 19.0. The zero-order valence-electron chi connectivity index (χ0n) is 19.0. The van der Waals surface area contributed by atoms with Gasteiger partial charge in [0, 0.05) is 22.2 Å². The summed E-state index contributed by atoms with van der Waals surface area (Å²) in [6, 6.07) is 0. The van der Waals surface area contributed by atoms with Crippen molar-refractivity contribution in [1.82, 2.24) is 10.1 Å². The Hall–Kier alpha value is -1.22. The SMILES string of the molecule is CC1(C)CCCC(C)(C)N1O.CC1(C)CCCC(C)(C)N1O.NC(=O)C(N)=O. The number of piperidine rings is 2. The van der Waals surface area contributed by atoms with E-state index in [1.807, 2.05) is 0 Å². The molecule has 0 atom stereocenters. The second kappa shape index (κ2) is 9.52. The summed E-state index contributed by atoms with van der Waals surface area (Å²) in [7, 11) is 0. The highest BCUT2D eigenvalue weighted by atomic mass is 16.5. The van der Waals surface area contributed by atoms with Gasteiger partial charge in [0.05, 0.1) is 0 Å². The number of rotatable bonds is 0. The molecule has 2 aliphatic rings. The molecule has 0 spiro atoms. The molecule has 2 amide bonds. The summed E-state index contributed by atoms with van der Waals surface area (Å²) in [6.45, 7) is 16.7. The van der Waals surface area contributed by atoms with E-state index < -0.39 is 11.8 Å². The molecule has 28 heavy (non-hydrogen) atoms. The van der Waals surface area contributed by atoms with E-state index in [2.05, 4.69) is 66.9 Å². The summed E-state index contributed by atoms with van der Waals surface area (Å²) in [4.78, 5) is 18.9. The van der Waals surface area contributed by atoms with Crippen LogP contribution in [0.5, 0.6) is 0 Å². The first kappa shape index (κ1) is 26.8. The van der Waals surface area contributed by atoms with Crippen LogP contribution in [0.4, 0.5) is 0 Å². The molecule has 0 aromatic rings. The molecule has 8 heteroatoms. The highest BCUT2D eigenvalue weighted by Crippen LogP contribution is 2.36. The van der Waals surface area contributed by atoms with Crippen molar-refractivity contribution in [3.63, 3.8) is 0 Å². The molecule has 8 nitrogen and oxygen atoms in total. The van der Waals surface area contributed by atoms with Crippen LogP contribution in [0.2, 0.25) is 0 Å². The first-order valence-electron chi connectivity index (χ1n) is 9.94. The van der Waals surface area contributed by atoms with Gasteiger partial charge in [-0.25, -0.2) is 0 Å². The lowest BCUT2D eigenvalue weighted by Gasteiger charge is -2.48. The minimum Gasteiger partial charge on any atom is -0.361 e. The Morgan fingerprint density at radius 2 is 0.786 bits per heavy atom. The molecule has 2 heterocycles. The van der Waals surface area contributed by atoms with Gasteiger partial charge in [-0.15, -0.1) is 0 Å². The maximum atomic E-state index is 9.80. The summed E-state index contributed by atoms with van der Waals surface area (Å²) in [5.41, 5.74) is 8.48. The van der Waals surface area contributed by atoms with Crippen molar-refractivity contribution in [3.05, 3.63) is 0 Å². The maximum Gasteiger partial charge on any atom is 0.306 e. The van der Waals surface area contributed by atoms with Crippen LogP contribution in [-0.4, -0.2) is 54.5 Å². The predicted molar refractivity (Wildman–Crippen MR) is 110 cm³/mol. The lowest BCUT2D eigenvalue weighted by Crippen LogP contribution is -2.56. The fraction of sp³-hybridized carbons (Fsp3) is 0.900. The van der Waals surface area contributed by atoms with E-state index in [1.54, 1.807) is 0 Å². The minimum atomic E-state index is -1.10. The standard InChI is InChI=1S/2C9H19NO.C2H4N2O2/c2*1-8(2)6-5-7-9(3,4)10(8)11;3-1(5)2(4)6/h2*11H,5-7H2,1-4H3;(H2,3,5)(H2,4,6). The summed E-state index contributed by atoms with van der Waals surface area (Å²) >= 11 is 0. The monoisotopic (exact) mass is 402 g/mol. The van der Waals surface area contributed by atoms with Gasteiger partial charge >= 0.3 is 11.8 Å². The van der Waals surface area contributed by atoms with E-state index in [4.69, 9.17) is 0 Å². The Bertz CT molecular complexity index is 464. The van der Waals surface area contributed by atoms with E-state index in [0.717, 1.165) is 25.7 Å². The number of hydroxylamine groups is 4. The number of primary amides is 2. The molecule has 2 saturated heterocycles. The van der Waals surface area contributed by atoms with Crippen LogP contribution in [0.1, 0.15) is 93.9 Å². The van der Waals surface area contributed by atoms with Gasteiger partial charge in [-0.05, 0) is 93.9 Å². The number of amides is 2. The summed E-state index contributed by atoms with van der Waals surface area (Å²) < 4.78 is 0. The molecule has 0 aromatic heterocycles. The Morgan fingerprint density at radius 3 is 0.893 bits per heavy atom. The van der Waals surface area contributed by atoms with Crippen LogP contribution in [0, 0.1) is 0 Å². The lowest BCUT2D eigenvalue weighted by molar-refractivity contribution is -0.241. The van der Waals surface area contributed by atoms with Gasteiger partial charge in [-0.3, -0.25) is 9.59 Å². The highest BCUT2D eigenvalue weighted by Gasteiger charge is 2.41. The Kier molecular flexibility index (Phi) is 9.10. The normalized spacial score (nSPS) is 25.4. The predicted octanol–water partition coefficient (Wildman–Crippen LogP) is 2.79. The lowest BCUT2D eigenvalue weighted by atomic mass is 9.82. The van der Waals surface area contributed by atoms with Crippen LogP contribution in [0.25, 0.3) is 0 Å². The third-order valence-corrected chi connectivity index (χ3v) is 5.69. The van der Waals surface area contributed by atoms with Crippen LogP contribution >= 0.6 is 0 Å². The number of hydrogen-bond donors (Lipinski definition) is 4. The van der Waals surface area contributed by atoms with Crippen LogP contribution in [0.3, 0.4) is 0 Å². The fourth-order valence-corrected chi connectivity index (χ4v) is 3.97. The third-order valence-electron chi connectivity index (χ3n) is 5.69. The van der Waals surface area contributed by atoms with Crippen molar-refractivity contribution in [2.24, 2.45) is 11.5 Å². The minimum absolute atomic E-state index is 0.0399. The highest BCUT2D eigenvalue weighted by molar-refractivity contribution is 6.33. The van der Waals surface area contributed by atoms with Crippen molar-refractivity contribution in [1.29, 1.82) is 0 Å². The number of nitrogens with two attached hydrogens (primary N) is 2. The van der Waals surface area contributed by atoms with Crippen LogP contribution in [0.15, 0.2) is 0 Å². The van der Waals surface area contributed by atoms with Gasteiger partial charge in [0.15, 0.2) is 0 Å². The van der Waals surface area contributed by atoms with Crippen molar-refractivity contribution in [2.75, 3.05) is 0 Å². The van der Waals surface area contributed by atoms with Gasteiger partial charge in [-0.1, -0.05) is 0 Å². The third kappa shape index (κ3) is 7.66. The molecule has 166 valence electrons. The molecule has 0 saturated carbocycles. The topological polar surface area (TPSA) is 133 Å². The maximum absolute atomic E-state index is 9.80. The second-order valence-corrected chi connectivity index (χ2v) is 10.3. The molecule has 2 rings (SSSR count). The quantitative estimate of drug-likeness (QED) is 0.460. The molecule has 2 fully saturated rings. The molecule has 0 radical (unpaired) electrons. The average molecular weight is 403 g/mol. The van der Waals surface area contributed by atoms with Crippen molar-refractivity contribution < 1.29 is 20.0 Å². The molecular formula is C20H42N4O4. The Labute approximate surface area is 170 Å². The second-order valence-electron chi connectivity index (χ2n) is 10.3. The number of nitrogens with zero attached hydrogens (tertiary/aromatic N) is 2. The van der Waals surface area contributed by atoms with E-state index in [-0.39, 0.29) is 22.2 Å². The molecule has 0 aromatic carbocycles. The van der Waals surface area contributed by atoms with Crippen molar-refractivity contribution in [2.45, 2.75) is 116 Å². The van der Waals surface area contributed by atoms with Gasteiger partial charge in [0.1, 0.15) is 0 Å². The Morgan fingerprint density at radius 1 is 0.607 bits per heavy atom. The van der Waals surface area contributed by atoms with E-state index in [1.165, 1.54) is 23.0 Å². The molecule has 0 aliphatic carbocycles. The van der Waals surface area contributed by atoms with Crippen molar-refractivity contribution in [3.8, 4) is 0 Å². The first-order valence-corrected chi connectivity index (χ1v) is 9.94. The first-order chi connectivity index (χ1) is 12.4. The molecule has 0 unspecified atom stereocenters. The smallest absolute Gasteiger partial charge is 0.306 e. The van der Waals surface area contributed by atoms with Gasteiger partial charge in [0.2, 0.25) is 0 Å². The van der Waals surface area contributed by atoms with Gasteiger partial charge < -0.3 is 21.9 Å². The molecule has 6 N–H and O–H groups in total. The zero-order chi connectivity index (χ0) is 22.6. The molecular weight excluding hydrogens is 360 g/mol. The number of carbonyl (C=O) groups excluding carboxylic acids is 2. The van der Waals surface area contributed by atoms with Crippen LogP contribution in [-0.2, 0) is 9.59 Å². The van der Waals surface area contributed by atoms with Crippen LogP contribution < -0.4 is 11.5 Å². The van der Waals surface area contributed by atoms with Gasteiger partial charge in [0.25, 0.3) is 0 Å². The van der Waals surface area contributed by atoms with E-state index in [0.29, 0.717) is 0 Å².